The molecule has 2 fully saturated rings. The van der Waals surface area contributed by atoms with Gasteiger partial charge in [0.2, 0.25) is 5.91 Å². The molecule has 0 unspecified atom stereocenters. The van der Waals surface area contributed by atoms with Crippen molar-refractivity contribution in [3.8, 4) is 0 Å². The number of aliphatic hydroxyl groups is 1. The molecule has 3 rings (SSSR count). The van der Waals surface area contributed by atoms with Crippen molar-refractivity contribution in [2.45, 2.75) is 38.7 Å². The van der Waals surface area contributed by atoms with Gasteiger partial charge in [-0.15, -0.1) is 0 Å². The molecule has 3 N–H and O–H groups in total. The number of carbonyl (C=O) groups excluding carboxylic acids is 2. The average Bonchev–Trinajstić information content (AvgIpc) is 2.58. The monoisotopic (exact) mass is 346 g/mol. The number of aliphatic hydroxyl groups excluding tert-OH is 1. The predicted molar refractivity (Wildman–Crippen MR) is 93.7 cm³/mol. The third kappa shape index (κ3) is 3.92. The Bertz CT molecular complexity index is 653. The maximum absolute atomic E-state index is 12.6. The SMILES string of the molecule is C[C@@H](O)CN1CC2(CCC1=O)CCN(C(=O)c1ccnc(N)c1)CC2. The number of β-amino-alcohol motifs (C(OH)–C–C–N with tert-alkyl or cyclic N) is 1. The zero-order valence-electron chi connectivity index (χ0n) is 14.6. The fourth-order valence-corrected chi connectivity index (χ4v) is 3.94. The quantitative estimate of drug-likeness (QED) is 0.847. The molecule has 0 radical (unpaired) electrons. The van der Waals surface area contributed by atoms with E-state index in [1.807, 2.05) is 4.90 Å². The molecule has 2 saturated heterocycles. The lowest BCUT2D eigenvalue weighted by Crippen LogP contribution is -2.53. The molecule has 0 bridgehead atoms. The standard InChI is InChI=1S/C18H26N4O3/c1-13(23)11-22-12-18(4-2-16(22)24)5-8-21(9-6-18)17(25)14-3-7-20-15(19)10-14/h3,7,10,13,23H,2,4-6,8-9,11-12H2,1H3,(H2,19,20)/t13-/m1/s1. The topological polar surface area (TPSA) is 99.8 Å². The van der Waals surface area contributed by atoms with Crippen molar-refractivity contribution in [1.29, 1.82) is 0 Å². The Hall–Kier alpha value is -2.15. The summed E-state index contributed by atoms with van der Waals surface area (Å²) in [6.45, 7) is 4.13. The summed E-state index contributed by atoms with van der Waals surface area (Å²) < 4.78 is 0. The number of nitrogens with two attached hydrogens (primary N) is 1. The zero-order chi connectivity index (χ0) is 18.0. The molecule has 2 amide bonds. The molecule has 1 aromatic heterocycles. The fourth-order valence-electron chi connectivity index (χ4n) is 3.94. The molecule has 0 saturated carbocycles. The van der Waals surface area contributed by atoms with Crippen LogP contribution in [0, 0.1) is 5.41 Å². The molecule has 7 nitrogen and oxygen atoms in total. The largest absolute Gasteiger partial charge is 0.392 e. The predicted octanol–water partition coefficient (Wildman–Crippen LogP) is 0.889. The van der Waals surface area contributed by atoms with Gasteiger partial charge in [-0.05, 0) is 43.7 Å². The van der Waals surface area contributed by atoms with Crippen molar-refractivity contribution in [3.63, 3.8) is 0 Å². The lowest BCUT2D eigenvalue weighted by molar-refractivity contribution is -0.140. The van der Waals surface area contributed by atoms with Crippen LogP contribution in [-0.2, 0) is 4.79 Å². The number of likely N-dealkylation sites (tertiary alicyclic amines) is 2. The highest BCUT2D eigenvalue weighted by molar-refractivity contribution is 5.94. The Morgan fingerprint density at radius 3 is 2.76 bits per heavy atom. The number of carbonyl (C=O) groups is 2. The Morgan fingerprint density at radius 2 is 2.12 bits per heavy atom. The van der Waals surface area contributed by atoms with E-state index in [2.05, 4.69) is 4.98 Å². The van der Waals surface area contributed by atoms with E-state index < -0.39 is 6.10 Å². The minimum atomic E-state index is -0.516. The molecular weight excluding hydrogens is 320 g/mol. The second-order valence-electron chi connectivity index (χ2n) is 7.38. The van der Waals surface area contributed by atoms with Crippen molar-refractivity contribution in [3.05, 3.63) is 23.9 Å². The highest BCUT2D eigenvalue weighted by Gasteiger charge is 2.41. The summed E-state index contributed by atoms with van der Waals surface area (Å²) in [5, 5.41) is 9.61. The number of hydrogen-bond acceptors (Lipinski definition) is 5. The summed E-state index contributed by atoms with van der Waals surface area (Å²) in [5.41, 5.74) is 6.30. The molecule has 1 aromatic rings. The van der Waals surface area contributed by atoms with Crippen molar-refractivity contribution in [1.82, 2.24) is 14.8 Å². The second-order valence-corrected chi connectivity index (χ2v) is 7.38. The van der Waals surface area contributed by atoms with Crippen molar-refractivity contribution in [2.75, 3.05) is 31.9 Å². The minimum absolute atomic E-state index is 0.0170. The molecule has 7 heteroatoms. The van der Waals surface area contributed by atoms with E-state index in [1.165, 1.54) is 0 Å². The molecule has 25 heavy (non-hydrogen) atoms. The van der Waals surface area contributed by atoms with Crippen LogP contribution in [0.2, 0.25) is 0 Å². The van der Waals surface area contributed by atoms with Crippen LogP contribution in [0.25, 0.3) is 0 Å². The van der Waals surface area contributed by atoms with Gasteiger partial charge in [-0.2, -0.15) is 0 Å². The Morgan fingerprint density at radius 1 is 1.40 bits per heavy atom. The first-order chi connectivity index (χ1) is 11.9. The lowest BCUT2D eigenvalue weighted by atomic mass is 9.72. The number of nitrogen functional groups attached to an aromatic ring is 1. The Labute approximate surface area is 147 Å². The first-order valence-corrected chi connectivity index (χ1v) is 8.85. The van der Waals surface area contributed by atoms with E-state index in [0.717, 1.165) is 19.3 Å². The maximum Gasteiger partial charge on any atom is 0.254 e. The third-order valence-corrected chi connectivity index (χ3v) is 5.37. The van der Waals surface area contributed by atoms with Crippen LogP contribution < -0.4 is 5.73 Å². The van der Waals surface area contributed by atoms with E-state index >= 15 is 0 Å². The number of nitrogens with zero attached hydrogens (tertiary/aromatic N) is 3. The highest BCUT2D eigenvalue weighted by atomic mass is 16.3. The summed E-state index contributed by atoms with van der Waals surface area (Å²) in [7, 11) is 0. The van der Waals surface area contributed by atoms with Gasteiger partial charge >= 0.3 is 0 Å². The van der Waals surface area contributed by atoms with E-state index in [1.54, 1.807) is 30.2 Å². The van der Waals surface area contributed by atoms with Crippen LogP contribution in [0.5, 0.6) is 0 Å². The van der Waals surface area contributed by atoms with Crippen LogP contribution in [0.15, 0.2) is 18.3 Å². The molecule has 0 aromatic carbocycles. The van der Waals surface area contributed by atoms with E-state index in [-0.39, 0.29) is 17.2 Å². The minimum Gasteiger partial charge on any atom is -0.392 e. The molecule has 2 aliphatic rings. The normalized spacial score (nSPS) is 21.4. The molecule has 136 valence electrons. The zero-order valence-corrected chi connectivity index (χ0v) is 14.6. The van der Waals surface area contributed by atoms with Gasteiger partial charge in [0.1, 0.15) is 5.82 Å². The second kappa shape index (κ2) is 7.00. The van der Waals surface area contributed by atoms with Gasteiger partial charge < -0.3 is 20.6 Å². The molecule has 3 heterocycles. The lowest BCUT2D eigenvalue weighted by Gasteiger charge is -2.47. The van der Waals surface area contributed by atoms with Crippen LogP contribution in [0.1, 0.15) is 43.0 Å². The summed E-state index contributed by atoms with van der Waals surface area (Å²) in [6, 6.07) is 3.29. The number of pyridine rings is 1. The van der Waals surface area contributed by atoms with E-state index in [9.17, 15) is 14.7 Å². The van der Waals surface area contributed by atoms with Gasteiger partial charge in [-0.1, -0.05) is 0 Å². The van der Waals surface area contributed by atoms with Crippen LogP contribution >= 0.6 is 0 Å². The Kier molecular flexibility index (Phi) is 4.94. The van der Waals surface area contributed by atoms with Gasteiger partial charge in [0.15, 0.2) is 0 Å². The van der Waals surface area contributed by atoms with Gasteiger partial charge in [0.05, 0.1) is 6.10 Å². The van der Waals surface area contributed by atoms with Crippen LogP contribution in [0.3, 0.4) is 0 Å². The number of rotatable bonds is 3. The summed E-state index contributed by atoms with van der Waals surface area (Å²) >= 11 is 0. The smallest absolute Gasteiger partial charge is 0.254 e. The fraction of sp³-hybridized carbons (Fsp3) is 0.611. The maximum atomic E-state index is 12.6. The van der Waals surface area contributed by atoms with Gasteiger partial charge in [0.25, 0.3) is 5.91 Å². The third-order valence-electron chi connectivity index (χ3n) is 5.37. The molecule has 1 spiro atoms. The van der Waals surface area contributed by atoms with Gasteiger partial charge in [0, 0.05) is 44.4 Å². The van der Waals surface area contributed by atoms with E-state index in [0.29, 0.717) is 44.0 Å². The molecule has 0 aliphatic carbocycles. The van der Waals surface area contributed by atoms with Gasteiger partial charge in [-0.25, -0.2) is 4.98 Å². The summed E-state index contributed by atoms with van der Waals surface area (Å²) in [5.74, 6) is 0.452. The number of amides is 2. The van der Waals surface area contributed by atoms with Crippen molar-refractivity contribution in [2.24, 2.45) is 5.41 Å². The van der Waals surface area contributed by atoms with E-state index in [4.69, 9.17) is 5.73 Å². The van der Waals surface area contributed by atoms with Crippen LogP contribution in [0.4, 0.5) is 5.82 Å². The van der Waals surface area contributed by atoms with Crippen LogP contribution in [-0.4, -0.2) is 64.0 Å². The first-order valence-electron chi connectivity index (χ1n) is 8.85. The number of anilines is 1. The average molecular weight is 346 g/mol. The molecule has 2 aliphatic heterocycles. The van der Waals surface area contributed by atoms with Crippen molar-refractivity contribution < 1.29 is 14.7 Å². The number of piperidine rings is 2. The van der Waals surface area contributed by atoms with Crippen molar-refractivity contribution >= 4 is 17.6 Å². The number of hydrogen-bond donors (Lipinski definition) is 2. The summed E-state index contributed by atoms with van der Waals surface area (Å²) in [6.07, 6.45) is 4.19. The first kappa shape index (κ1) is 17.7. The summed E-state index contributed by atoms with van der Waals surface area (Å²) in [4.78, 5) is 32.3. The van der Waals surface area contributed by atoms with Gasteiger partial charge in [-0.3, -0.25) is 9.59 Å². The Balaban J connectivity index is 1.63. The molecular formula is C18H26N4O3. The molecule has 1 atom stereocenters. The number of aromatic nitrogens is 1. The highest BCUT2D eigenvalue weighted by Crippen LogP contribution is 2.40.